The number of ether oxygens (including phenoxy) is 1. The van der Waals surface area contributed by atoms with Crippen molar-refractivity contribution >= 4 is 37.3 Å². The highest BCUT2D eigenvalue weighted by Crippen LogP contribution is 2.19. The highest BCUT2D eigenvalue weighted by Gasteiger charge is 2.16. The zero-order valence-electron chi connectivity index (χ0n) is 15.3. The topological polar surface area (TPSA) is 77.7 Å². The van der Waals surface area contributed by atoms with Gasteiger partial charge >= 0.3 is 0 Å². The van der Waals surface area contributed by atoms with E-state index in [0.29, 0.717) is 10.6 Å². The van der Waals surface area contributed by atoms with Crippen molar-refractivity contribution in [1.82, 2.24) is 4.57 Å². The van der Waals surface area contributed by atoms with Crippen LogP contribution in [0.25, 0.3) is 10.2 Å². The second kappa shape index (κ2) is 7.66. The van der Waals surface area contributed by atoms with E-state index < -0.39 is 15.7 Å². The fourth-order valence-electron chi connectivity index (χ4n) is 2.63. The van der Waals surface area contributed by atoms with Crippen molar-refractivity contribution in [2.24, 2.45) is 12.0 Å². The maximum absolute atomic E-state index is 12.4. The van der Waals surface area contributed by atoms with Gasteiger partial charge in [-0.3, -0.25) is 4.79 Å². The van der Waals surface area contributed by atoms with E-state index in [0.717, 1.165) is 15.8 Å². The predicted octanol–water partition coefficient (Wildman–Crippen LogP) is 2.85. The molecular formula is C19H20N2O4S2. The molecule has 6 nitrogen and oxygen atoms in total. The first-order chi connectivity index (χ1) is 12.8. The predicted molar refractivity (Wildman–Crippen MR) is 106 cm³/mol. The molecule has 2 aromatic carbocycles. The molecule has 0 aliphatic heterocycles. The molecule has 3 aromatic rings. The van der Waals surface area contributed by atoms with Crippen LogP contribution in [0.15, 0.2) is 52.4 Å². The molecule has 0 bridgehead atoms. The Bertz CT molecular complexity index is 1160. The van der Waals surface area contributed by atoms with Gasteiger partial charge in [0, 0.05) is 13.5 Å². The maximum atomic E-state index is 12.4. The first kappa shape index (κ1) is 19.3. The molecule has 0 aliphatic rings. The molecule has 0 N–H and O–H groups in total. The molecule has 0 aliphatic carbocycles. The Hall–Kier alpha value is -2.45. The summed E-state index contributed by atoms with van der Waals surface area (Å²) in [5.74, 6) is -0.159. The molecule has 0 saturated carbocycles. The largest absolute Gasteiger partial charge is 0.497 e. The summed E-state index contributed by atoms with van der Waals surface area (Å²) in [6, 6.07) is 12.1. The summed E-state index contributed by atoms with van der Waals surface area (Å²) in [4.78, 5) is 17.1. The molecule has 0 spiro atoms. The van der Waals surface area contributed by atoms with Gasteiger partial charge in [0.15, 0.2) is 14.6 Å². The summed E-state index contributed by atoms with van der Waals surface area (Å²) in [6.45, 7) is 2.01. The van der Waals surface area contributed by atoms with Crippen molar-refractivity contribution in [3.63, 3.8) is 0 Å². The van der Waals surface area contributed by atoms with E-state index in [4.69, 9.17) is 4.74 Å². The van der Waals surface area contributed by atoms with E-state index in [1.165, 1.54) is 30.6 Å². The van der Waals surface area contributed by atoms with Gasteiger partial charge in [-0.05, 0) is 48.9 Å². The fraction of sp³-hybridized carbons (Fsp3) is 0.263. The molecule has 0 radical (unpaired) electrons. The van der Waals surface area contributed by atoms with Gasteiger partial charge in [-0.25, -0.2) is 8.42 Å². The summed E-state index contributed by atoms with van der Waals surface area (Å²) in [5, 5.41) is 0. The second-order valence-electron chi connectivity index (χ2n) is 6.16. The number of thiazole rings is 1. The summed E-state index contributed by atoms with van der Waals surface area (Å²) in [5.41, 5.74) is 2.12. The Balaban J connectivity index is 1.77. The number of nitrogens with zero attached hydrogens (tertiary/aromatic N) is 2. The summed E-state index contributed by atoms with van der Waals surface area (Å²) in [6.07, 6.45) is -0.165. The monoisotopic (exact) mass is 404 g/mol. The Labute approximate surface area is 161 Å². The molecule has 8 heteroatoms. The van der Waals surface area contributed by atoms with Crippen molar-refractivity contribution in [3.8, 4) is 5.75 Å². The lowest BCUT2D eigenvalue weighted by Crippen LogP contribution is -2.15. The first-order valence-electron chi connectivity index (χ1n) is 8.31. The molecular weight excluding hydrogens is 384 g/mol. The van der Waals surface area contributed by atoms with E-state index in [2.05, 4.69) is 4.99 Å². The lowest BCUT2D eigenvalue weighted by Gasteiger charge is -2.04. The number of carbonyl (C=O) groups is 1. The van der Waals surface area contributed by atoms with Gasteiger partial charge in [0.1, 0.15) is 5.75 Å². The maximum Gasteiger partial charge on any atom is 0.249 e. The zero-order chi connectivity index (χ0) is 19.6. The van der Waals surface area contributed by atoms with E-state index >= 15 is 0 Å². The number of benzene rings is 2. The Morgan fingerprint density at radius 1 is 1.19 bits per heavy atom. The highest BCUT2D eigenvalue weighted by atomic mass is 32.2. The van der Waals surface area contributed by atoms with Gasteiger partial charge < -0.3 is 9.30 Å². The number of aryl methyl sites for hydroxylation is 2. The van der Waals surface area contributed by atoms with Gasteiger partial charge in [-0.2, -0.15) is 4.99 Å². The number of fused-ring (bicyclic) bond motifs is 1. The molecule has 0 fully saturated rings. The normalized spacial score (nSPS) is 12.5. The van der Waals surface area contributed by atoms with Crippen LogP contribution in [-0.2, 0) is 21.7 Å². The Morgan fingerprint density at radius 3 is 2.56 bits per heavy atom. The van der Waals surface area contributed by atoms with Crippen molar-refractivity contribution < 1.29 is 17.9 Å². The van der Waals surface area contributed by atoms with Gasteiger partial charge in [0.2, 0.25) is 5.91 Å². The average Bonchev–Trinajstić information content (AvgIpc) is 2.95. The van der Waals surface area contributed by atoms with Crippen molar-refractivity contribution in [3.05, 3.63) is 52.8 Å². The number of hydrogen-bond donors (Lipinski definition) is 0. The molecule has 0 unspecified atom stereocenters. The summed E-state index contributed by atoms with van der Waals surface area (Å²) >= 11 is 1.41. The van der Waals surface area contributed by atoms with Crippen LogP contribution in [0.4, 0.5) is 0 Å². The van der Waals surface area contributed by atoms with Crippen LogP contribution in [0, 0.1) is 6.92 Å². The molecule has 142 valence electrons. The molecule has 0 saturated heterocycles. The van der Waals surface area contributed by atoms with Crippen molar-refractivity contribution in [2.75, 3.05) is 12.9 Å². The van der Waals surface area contributed by atoms with Gasteiger partial charge in [0.25, 0.3) is 0 Å². The minimum Gasteiger partial charge on any atom is -0.497 e. The smallest absolute Gasteiger partial charge is 0.249 e. The van der Waals surface area contributed by atoms with Gasteiger partial charge in [-0.15, -0.1) is 0 Å². The van der Waals surface area contributed by atoms with E-state index in [1.807, 2.05) is 36.7 Å². The van der Waals surface area contributed by atoms with E-state index in [9.17, 15) is 13.2 Å². The molecule has 1 amide bonds. The Morgan fingerprint density at radius 2 is 1.89 bits per heavy atom. The second-order valence-corrected chi connectivity index (χ2v) is 9.28. The number of sulfone groups is 1. The minimum atomic E-state index is -3.55. The minimum absolute atomic E-state index is 0.165. The van der Waals surface area contributed by atoms with Crippen LogP contribution >= 0.6 is 11.3 Å². The van der Waals surface area contributed by atoms with Crippen molar-refractivity contribution in [1.29, 1.82) is 0 Å². The molecule has 27 heavy (non-hydrogen) atoms. The molecule has 0 atom stereocenters. The van der Waals surface area contributed by atoms with Crippen LogP contribution in [0.1, 0.15) is 12.0 Å². The van der Waals surface area contributed by atoms with E-state index in [-0.39, 0.29) is 17.1 Å². The van der Waals surface area contributed by atoms with Gasteiger partial charge in [0.05, 0.1) is 28.0 Å². The standard InChI is InChI=1S/C19H20N2O4S2/c1-13-4-9-16-17(12-13)26-19(21(16)2)20-18(22)10-11-27(23,24)15-7-5-14(25-3)6-8-15/h4-9,12H,10-11H2,1-3H3. The lowest BCUT2D eigenvalue weighted by atomic mass is 10.2. The third-order valence-corrected chi connectivity index (χ3v) is 7.01. The van der Waals surface area contributed by atoms with Crippen LogP contribution in [0.2, 0.25) is 0 Å². The summed E-state index contributed by atoms with van der Waals surface area (Å²) < 4.78 is 32.7. The zero-order valence-corrected chi connectivity index (χ0v) is 16.9. The quantitative estimate of drug-likeness (QED) is 0.655. The molecule has 3 rings (SSSR count). The number of methoxy groups -OCH3 is 1. The first-order valence-corrected chi connectivity index (χ1v) is 10.8. The number of amides is 1. The summed E-state index contributed by atoms with van der Waals surface area (Å²) in [7, 11) is -0.198. The molecule has 1 heterocycles. The highest BCUT2D eigenvalue weighted by molar-refractivity contribution is 7.91. The molecule has 1 aromatic heterocycles. The third-order valence-electron chi connectivity index (χ3n) is 4.19. The Kier molecular flexibility index (Phi) is 5.48. The van der Waals surface area contributed by atoms with E-state index in [1.54, 1.807) is 12.1 Å². The number of hydrogen-bond acceptors (Lipinski definition) is 5. The number of rotatable bonds is 5. The van der Waals surface area contributed by atoms with Gasteiger partial charge in [-0.1, -0.05) is 17.4 Å². The van der Waals surface area contributed by atoms with Crippen LogP contribution in [-0.4, -0.2) is 31.8 Å². The van der Waals surface area contributed by atoms with Crippen molar-refractivity contribution in [2.45, 2.75) is 18.2 Å². The SMILES string of the molecule is COc1ccc(S(=O)(=O)CCC(=O)N=c2sc3cc(C)ccc3n2C)cc1. The van der Waals surface area contributed by atoms with Crippen LogP contribution < -0.4 is 9.54 Å². The number of aromatic nitrogens is 1. The average molecular weight is 405 g/mol. The van der Waals surface area contributed by atoms with Crippen LogP contribution in [0.5, 0.6) is 5.75 Å². The lowest BCUT2D eigenvalue weighted by molar-refractivity contribution is -0.117. The third kappa shape index (κ3) is 4.28. The fourth-order valence-corrected chi connectivity index (χ4v) is 5.00. The number of carbonyl (C=O) groups excluding carboxylic acids is 1. The van der Waals surface area contributed by atoms with Crippen LogP contribution in [0.3, 0.4) is 0 Å².